The van der Waals surface area contributed by atoms with E-state index in [9.17, 15) is 4.79 Å². The highest BCUT2D eigenvalue weighted by Crippen LogP contribution is 2.24. The van der Waals surface area contributed by atoms with Crippen molar-refractivity contribution in [2.45, 2.75) is 26.2 Å². The van der Waals surface area contributed by atoms with Crippen LogP contribution in [-0.4, -0.2) is 24.7 Å². The molecule has 0 aliphatic carbocycles. The number of hydrogen-bond acceptors (Lipinski definition) is 5. The van der Waals surface area contributed by atoms with Crippen molar-refractivity contribution >= 4 is 22.5 Å². The molecule has 6 heteroatoms. The molecule has 0 amide bonds. The second kappa shape index (κ2) is 7.00. The molecule has 0 bridgehead atoms. The minimum absolute atomic E-state index is 0.471. The summed E-state index contributed by atoms with van der Waals surface area (Å²) in [5, 5.41) is 3.24. The molecule has 4 N–H and O–H groups in total. The van der Waals surface area contributed by atoms with E-state index in [4.69, 9.17) is 14.9 Å². The molecule has 1 aromatic heterocycles. The maximum atomic E-state index is 11.1. The van der Waals surface area contributed by atoms with E-state index in [-0.39, 0.29) is 0 Å². The Labute approximate surface area is 117 Å². The Balaban J connectivity index is 1.83. The van der Waals surface area contributed by atoms with E-state index >= 15 is 0 Å². The summed E-state index contributed by atoms with van der Waals surface area (Å²) < 4.78 is 10.4. The van der Waals surface area contributed by atoms with E-state index in [1.54, 1.807) is 12.1 Å². The van der Waals surface area contributed by atoms with Gasteiger partial charge in [-0.25, -0.2) is 4.79 Å². The maximum Gasteiger partial charge on any atom is 0.417 e. The molecule has 0 spiro atoms. The van der Waals surface area contributed by atoms with Gasteiger partial charge in [-0.3, -0.25) is 4.98 Å². The van der Waals surface area contributed by atoms with Gasteiger partial charge in [0.05, 0.1) is 16.9 Å². The Bertz CT molecular complexity index is 603. The Morgan fingerprint density at radius 1 is 1.35 bits per heavy atom. The Kier molecular flexibility index (Phi) is 5.06. The number of rotatable bonds is 8. The molecule has 0 radical (unpaired) electrons. The van der Waals surface area contributed by atoms with Crippen LogP contribution < -0.4 is 16.8 Å². The van der Waals surface area contributed by atoms with Crippen molar-refractivity contribution in [3.8, 4) is 0 Å². The van der Waals surface area contributed by atoms with Crippen LogP contribution in [0.3, 0.4) is 0 Å². The number of benzene rings is 1. The predicted octanol–water partition coefficient (Wildman–Crippen LogP) is 2.32. The Morgan fingerprint density at radius 2 is 2.15 bits per heavy atom. The third-order valence-corrected chi connectivity index (χ3v) is 3.01. The largest absolute Gasteiger partial charge is 0.417 e. The molecule has 0 saturated carbocycles. The fourth-order valence-corrected chi connectivity index (χ4v) is 1.91. The quantitative estimate of drug-likeness (QED) is 0.509. The standard InChI is InChI=1S/C14H21N3O3/c1-2-3-6-19-7-4-5-16-11-9-12-13(8-10(11)15)20-14(18)17-12/h8-9,16H,2-7,15H2,1H3,(H,17,18). The van der Waals surface area contributed by atoms with Gasteiger partial charge in [0.25, 0.3) is 0 Å². The molecule has 1 aromatic carbocycles. The van der Waals surface area contributed by atoms with Gasteiger partial charge in [-0.2, -0.15) is 0 Å². The summed E-state index contributed by atoms with van der Waals surface area (Å²) in [6, 6.07) is 3.43. The summed E-state index contributed by atoms with van der Waals surface area (Å²) in [5.74, 6) is -0.471. The van der Waals surface area contributed by atoms with Gasteiger partial charge < -0.3 is 20.2 Å². The molecule has 0 saturated heterocycles. The molecule has 6 nitrogen and oxygen atoms in total. The van der Waals surface area contributed by atoms with E-state index in [0.29, 0.717) is 16.8 Å². The number of hydrogen-bond donors (Lipinski definition) is 3. The fourth-order valence-electron chi connectivity index (χ4n) is 1.91. The smallest absolute Gasteiger partial charge is 0.408 e. The van der Waals surface area contributed by atoms with Crippen LogP contribution in [0.4, 0.5) is 11.4 Å². The van der Waals surface area contributed by atoms with Crippen molar-refractivity contribution in [3.63, 3.8) is 0 Å². The molecule has 0 atom stereocenters. The average Bonchev–Trinajstić information content (AvgIpc) is 2.77. The molecule has 0 aliphatic heterocycles. The van der Waals surface area contributed by atoms with Crippen molar-refractivity contribution < 1.29 is 9.15 Å². The topological polar surface area (TPSA) is 93.3 Å². The van der Waals surface area contributed by atoms with E-state index < -0.39 is 5.76 Å². The molecular weight excluding hydrogens is 258 g/mol. The lowest BCUT2D eigenvalue weighted by atomic mass is 10.2. The van der Waals surface area contributed by atoms with Crippen molar-refractivity contribution in [2.24, 2.45) is 0 Å². The molecule has 110 valence electrons. The number of unbranched alkanes of at least 4 members (excludes halogenated alkanes) is 1. The number of aromatic amines is 1. The average molecular weight is 279 g/mol. The number of H-pyrrole nitrogens is 1. The van der Waals surface area contributed by atoms with Crippen LogP contribution >= 0.6 is 0 Å². The van der Waals surface area contributed by atoms with Gasteiger partial charge in [0, 0.05) is 25.8 Å². The van der Waals surface area contributed by atoms with Crippen LogP contribution in [-0.2, 0) is 4.74 Å². The van der Waals surface area contributed by atoms with Crippen molar-refractivity contribution in [1.82, 2.24) is 4.98 Å². The highest BCUT2D eigenvalue weighted by molar-refractivity contribution is 5.85. The zero-order chi connectivity index (χ0) is 14.4. The first-order chi connectivity index (χ1) is 9.70. The van der Waals surface area contributed by atoms with Gasteiger partial charge >= 0.3 is 5.76 Å². The molecule has 0 aliphatic rings. The van der Waals surface area contributed by atoms with E-state index in [0.717, 1.165) is 44.7 Å². The first-order valence-electron chi connectivity index (χ1n) is 6.94. The third-order valence-electron chi connectivity index (χ3n) is 3.01. The van der Waals surface area contributed by atoms with Gasteiger partial charge in [0.2, 0.25) is 0 Å². The van der Waals surface area contributed by atoms with Gasteiger partial charge in [0.15, 0.2) is 5.58 Å². The zero-order valence-corrected chi connectivity index (χ0v) is 11.7. The number of nitrogens with one attached hydrogen (secondary N) is 2. The van der Waals surface area contributed by atoms with Crippen LogP contribution in [0.2, 0.25) is 0 Å². The highest BCUT2D eigenvalue weighted by atomic mass is 16.5. The molecule has 1 heterocycles. The first kappa shape index (κ1) is 14.5. The lowest BCUT2D eigenvalue weighted by Crippen LogP contribution is -2.07. The summed E-state index contributed by atoms with van der Waals surface area (Å²) in [7, 11) is 0. The summed E-state index contributed by atoms with van der Waals surface area (Å²) in [6.07, 6.45) is 3.16. The third kappa shape index (κ3) is 3.77. The van der Waals surface area contributed by atoms with E-state index in [1.807, 2.05) is 0 Å². The minimum atomic E-state index is -0.471. The molecule has 2 rings (SSSR count). The SMILES string of the molecule is CCCCOCCCNc1cc2[nH]c(=O)oc2cc1N. The molecule has 20 heavy (non-hydrogen) atoms. The van der Waals surface area contributed by atoms with E-state index in [1.165, 1.54) is 0 Å². The summed E-state index contributed by atoms with van der Waals surface area (Å²) in [4.78, 5) is 13.7. The van der Waals surface area contributed by atoms with Gasteiger partial charge in [-0.05, 0) is 18.9 Å². The number of oxazole rings is 1. The monoisotopic (exact) mass is 279 g/mol. The van der Waals surface area contributed by atoms with Gasteiger partial charge in [-0.15, -0.1) is 0 Å². The Morgan fingerprint density at radius 3 is 2.95 bits per heavy atom. The molecule has 2 aromatic rings. The van der Waals surface area contributed by atoms with Gasteiger partial charge in [-0.1, -0.05) is 13.3 Å². The lowest BCUT2D eigenvalue weighted by molar-refractivity contribution is 0.131. The van der Waals surface area contributed by atoms with Gasteiger partial charge in [0.1, 0.15) is 0 Å². The first-order valence-corrected chi connectivity index (χ1v) is 6.94. The van der Waals surface area contributed by atoms with Crippen LogP contribution in [0.15, 0.2) is 21.3 Å². The summed E-state index contributed by atoms with van der Waals surface area (Å²) >= 11 is 0. The van der Waals surface area contributed by atoms with Crippen LogP contribution in [0.25, 0.3) is 11.1 Å². The molecular formula is C14H21N3O3. The summed E-state index contributed by atoms with van der Waals surface area (Å²) in [6.45, 7) is 4.46. The highest BCUT2D eigenvalue weighted by Gasteiger charge is 2.06. The Hall–Kier alpha value is -1.95. The second-order valence-corrected chi connectivity index (χ2v) is 4.70. The number of aromatic nitrogens is 1. The van der Waals surface area contributed by atoms with E-state index in [2.05, 4.69) is 17.2 Å². The van der Waals surface area contributed by atoms with Crippen LogP contribution in [0, 0.1) is 0 Å². The lowest BCUT2D eigenvalue weighted by Gasteiger charge is -2.09. The van der Waals surface area contributed by atoms with Crippen molar-refractivity contribution in [1.29, 1.82) is 0 Å². The number of ether oxygens (including phenoxy) is 1. The predicted molar refractivity (Wildman–Crippen MR) is 80.1 cm³/mol. The maximum absolute atomic E-state index is 11.1. The second-order valence-electron chi connectivity index (χ2n) is 4.70. The van der Waals surface area contributed by atoms with Crippen LogP contribution in [0.1, 0.15) is 26.2 Å². The van der Waals surface area contributed by atoms with Crippen molar-refractivity contribution in [3.05, 3.63) is 22.7 Å². The number of nitrogens with two attached hydrogens (primary N) is 1. The summed E-state index contributed by atoms with van der Waals surface area (Å²) in [5.41, 5.74) is 8.38. The minimum Gasteiger partial charge on any atom is -0.408 e. The van der Waals surface area contributed by atoms with Crippen LogP contribution in [0.5, 0.6) is 0 Å². The molecule has 0 unspecified atom stereocenters. The normalized spacial score (nSPS) is 11.1. The number of fused-ring (bicyclic) bond motifs is 1. The number of nitrogen functional groups attached to an aromatic ring is 1. The fraction of sp³-hybridized carbons (Fsp3) is 0.500. The number of anilines is 2. The molecule has 0 fully saturated rings. The van der Waals surface area contributed by atoms with Crippen molar-refractivity contribution in [2.75, 3.05) is 30.8 Å². The zero-order valence-electron chi connectivity index (χ0n) is 11.7.